The summed E-state index contributed by atoms with van der Waals surface area (Å²) in [6, 6.07) is 14.6. The fraction of sp³-hybridized carbons (Fsp3) is 0.250. The lowest BCUT2D eigenvalue weighted by Crippen LogP contribution is -2.36. The second-order valence-corrected chi connectivity index (χ2v) is 4.88. The molecule has 0 N–H and O–H groups in total. The van der Waals surface area contributed by atoms with Crippen LogP contribution in [0.5, 0.6) is 0 Å². The predicted molar refractivity (Wildman–Crippen MR) is 76.8 cm³/mol. The minimum absolute atomic E-state index is 0.810. The van der Waals surface area contributed by atoms with Gasteiger partial charge in [-0.25, -0.2) is 0 Å². The van der Waals surface area contributed by atoms with Gasteiger partial charge in [0.15, 0.2) is 0 Å². The summed E-state index contributed by atoms with van der Waals surface area (Å²) < 4.78 is 11.3. The fourth-order valence-electron chi connectivity index (χ4n) is 2.73. The molecule has 4 rings (SSSR count). The first-order chi connectivity index (χ1) is 9.42. The van der Waals surface area contributed by atoms with Gasteiger partial charge < -0.3 is 14.1 Å². The molecule has 1 aromatic heterocycles. The molecule has 1 aliphatic heterocycles. The van der Waals surface area contributed by atoms with Crippen molar-refractivity contribution in [1.29, 1.82) is 0 Å². The molecule has 1 fully saturated rings. The summed E-state index contributed by atoms with van der Waals surface area (Å²) in [5.41, 5.74) is 3.16. The SMILES string of the molecule is c1ccc2c(c1)oc1ccc(N3CCOCC3)cc12. The van der Waals surface area contributed by atoms with Gasteiger partial charge in [-0.1, -0.05) is 18.2 Å². The summed E-state index contributed by atoms with van der Waals surface area (Å²) in [6.45, 7) is 3.54. The molecule has 0 unspecified atom stereocenters. The first-order valence-corrected chi connectivity index (χ1v) is 6.66. The summed E-state index contributed by atoms with van der Waals surface area (Å²) in [5.74, 6) is 0. The summed E-state index contributed by atoms with van der Waals surface area (Å²) in [4.78, 5) is 2.37. The number of anilines is 1. The van der Waals surface area contributed by atoms with Crippen molar-refractivity contribution in [2.24, 2.45) is 0 Å². The predicted octanol–water partition coefficient (Wildman–Crippen LogP) is 3.42. The van der Waals surface area contributed by atoms with E-state index in [4.69, 9.17) is 9.15 Å². The molecule has 0 spiro atoms. The number of fused-ring (bicyclic) bond motifs is 3. The van der Waals surface area contributed by atoms with E-state index < -0.39 is 0 Å². The molecule has 1 saturated heterocycles. The largest absolute Gasteiger partial charge is 0.456 e. The van der Waals surface area contributed by atoms with Crippen LogP contribution in [0.15, 0.2) is 46.9 Å². The van der Waals surface area contributed by atoms with Crippen molar-refractivity contribution in [1.82, 2.24) is 0 Å². The molecule has 0 bridgehead atoms. The average molecular weight is 253 g/mol. The Bertz CT molecular complexity index is 726. The van der Waals surface area contributed by atoms with Gasteiger partial charge >= 0.3 is 0 Å². The second kappa shape index (κ2) is 4.28. The third-order valence-corrected chi connectivity index (χ3v) is 3.74. The Labute approximate surface area is 111 Å². The van der Waals surface area contributed by atoms with Crippen molar-refractivity contribution < 1.29 is 9.15 Å². The number of benzene rings is 2. The van der Waals surface area contributed by atoms with E-state index in [1.807, 2.05) is 12.1 Å². The van der Waals surface area contributed by atoms with Gasteiger partial charge in [0.2, 0.25) is 0 Å². The van der Waals surface area contributed by atoms with Crippen LogP contribution in [0.2, 0.25) is 0 Å². The zero-order valence-electron chi connectivity index (χ0n) is 10.6. The lowest BCUT2D eigenvalue weighted by atomic mass is 10.1. The Morgan fingerprint density at radius 1 is 0.842 bits per heavy atom. The van der Waals surface area contributed by atoms with Crippen molar-refractivity contribution >= 4 is 27.6 Å². The van der Waals surface area contributed by atoms with E-state index in [9.17, 15) is 0 Å². The van der Waals surface area contributed by atoms with Crippen LogP contribution in [-0.2, 0) is 4.74 Å². The number of hydrogen-bond acceptors (Lipinski definition) is 3. The van der Waals surface area contributed by atoms with Crippen LogP contribution >= 0.6 is 0 Å². The molecule has 3 aromatic rings. The second-order valence-electron chi connectivity index (χ2n) is 4.88. The lowest BCUT2D eigenvalue weighted by molar-refractivity contribution is 0.122. The topological polar surface area (TPSA) is 25.6 Å². The fourth-order valence-corrected chi connectivity index (χ4v) is 2.73. The van der Waals surface area contributed by atoms with Gasteiger partial charge in [0.05, 0.1) is 13.2 Å². The number of ether oxygens (including phenoxy) is 1. The van der Waals surface area contributed by atoms with Crippen LogP contribution in [0.3, 0.4) is 0 Å². The third-order valence-electron chi connectivity index (χ3n) is 3.74. The van der Waals surface area contributed by atoms with Crippen LogP contribution in [-0.4, -0.2) is 26.3 Å². The molecule has 2 heterocycles. The highest BCUT2D eigenvalue weighted by molar-refractivity contribution is 6.05. The number of furan rings is 1. The molecule has 96 valence electrons. The Balaban J connectivity index is 1.87. The van der Waals surface area contributed by atoms with Gasteiger partial charge in [0, 0.05) is 29.5 Å². The minimum Gasteiger partial charge on any atom is -0.456 e. The van der Waals surface area contributed by atoms with E-state index in [0.717, 1.165) is 37.5 Å². The van der Waals surface area contributed by atoms with Crippen molar-refractivity contribution in [3.8, 4) is 0 Å². The molecule has 1 aliphatic rings. The van der Waals surface area contributed by atoms with E-state index in [1.165, 1.54) is 16.5 Å². The molecule has 2 aromatic carbocycles. The van der Waals surface area contributed by atoms with Crippen molar-refractivity contribution in [2.45, 2.75) is 0 Å². The molecule has 19 heavy (non-hydrogen) atoms. The van der Waals surface area contributed by atoms with Crippen LogP contribution in [0.4, 0.5) is 5.69 Å². The zero-order chi connectivity index (χ0) is 12.7. The van der Waals surface area contributed by atoms with E-state index in [0.29, 0.717) is 0 Å². The van der Waals surface area contributed by atoms with Gasteiger partial charge in [-0.3, -0.25) is 0 Å². The lowest BCUT2D eigenvalue weighted by Gasteiger charge is -2.28. The van der Waals surface area contributed by atoms with Crippen molar-refractivity contribution in [3.63, 3.8) is 0 Å². The highest BCUT2D eigenvalue weighted by Gasteiger charge is 2.13. The van der Waals surface area contributed by atoms with Gasteiger partial charge in [0.1, 0.15) is 11.2 Å². The number of morpholine rings is 1. The first-order valence-electron chi connectivity index (χ1n) is 6.66. The quantitative estimate of drug-likeness (QED) is 0.664. The maximum Gasteiger partial charge on any atom is 0.135 e. The van der Waals surface area contributed by atoms with E-state index in [-0.39, 0.29) is 0 Å². The molecule has 3 nitrogen and oxygen atoms in total. The Kier molecular flexibility index (Phi) is 2.45. The number of nitrogens with zero attached hydrogens (tertiary/aromatic N) is 1. The molecule has 0 amide bonds. The van der Waals surface area contributed by atoms with Gasteiger partial charge in [0.25, 0.3) is 0 Å². The minimum atomic E-state index is 0.810. The molecule has 0 radical (unpaired) electrons. The molecular formula is C16H15NO2. The van der Waals surface area contributed by atoms with Crippen LogP contribution in [0, 0.1) is 0 Å². The molecular weight excluding hydrogens is 238 g/mol. The van der Waals surface area contributed by atoms with Gasteiger partial charge in [-0.2, -0.15) is 0 Å². The van der Waals surface area contributed by atoms with Crippen LogP contribution in [0.25, 0.3) is 21.9 Å². The van der Waals surface area contributed by atoms with Crippen LogP contribution < -0.4 is 4.90 Å². The van der Waals surface area contributed by atoms with E-state index in [1.54, 1.807) is 0 Å². The Morgan fingerprint density at radius 3 is 2.53 bits per heavy atom. The summed E-state index contributed by atoms with van der Waals surface area (Å²) in [5, 5.41) is 2.38. The highest BCUT2D eigenvalue weighted by atomic mass is 16.5. The molecule has 3 heteroatoms. The van der Waals surface area contributed by atoms with E-state index >= 15 is 0 Å². The highest BCUT2D eigenvalue weighted by Crippen LogP contribution is 2.31. The molecule has 0 atom stereocenters. The maximum absolute atomic E-state index is 5.85. The Morgan fingerprint density at radius 2 is 1.63 bits per heavy atom. The van der Waals surface area contributed by atoms with Gasteiger partial charge in [-0.05, 0) is 24.3 Å². The van der Waals surface area contributed by atoms with E-state index in [2.05, 4.69) is 35.2 Å². The third kappa shape index (κ3) is 1.78. The smallest absolute Gasteiger partial charge is 0.135 e. The molecule has 0 saturated carbocycles. The number of hydrogen-bond donors (Lipinski definition) is 0. The summed E-state index contributed by atoms with van der Waals surface area (Å²) >= 11 is 0. The standard InChI is InChI=1S/C16H15NO2/c1-2-4-15-13(3-1)14-11-12(5-6-16(14)19-15)17-7-9-18-10-8-17/h1-6,11H,7-10H2. The monoisotopic (exact) mass is 253 g/mol. The molecule has 0 aliphatic carbocycles. The maximum atomic E-state index is 5.85. The van der Waals surface area contributed by atoms with Crippen molar-refractivity contribution in [2.75, 3.05) is 31.2 Å². The Hall–Kier alpha value is -2.00. The first kappa shape index (κ1) is 10.9. The van der Waals surface area contributed by atoms with Gasteiger partial charge in [-0.15, -0.1) is 0 Å². The zero-order valence-corrected chi connectivity index (χ0v) is 10.6. The normalized spacial score (nSPS) is 16.3. The average Bonchev–Trinajstić information content (AvgIpc) is 2.86. The number of para-hydroxylation sites is 1. The van der Waals surface area contributed by atoms with Crippen molar-refractivity contribution in [3.05, 3.63) is 42.5 Å². The summed E-state index contributed by atoms with van der Waals surface area (Å²) in [7, 11) is 0. The number of rotatable bonds is 1. The van der Waals surface area contributed by atoms with Crippen LogP contribution in [0.1, 0.15) is 0 Å². The summed E-state index contributed by atoms with van der Waals surface area (Å²) in [6.07, 6.45) is 0.